The Balaban J connectivity index is 1.60. The second-order valence-electron chi connectivity index (χ2n) is 8.61. The number of hydrogen-bond acceptors (Lipinski definition) is 4. The molecule has 2 amide bonds. The van der Waals surface area contributed by atoms with Crippen molar-refractivity contribution in [1.82, 2.24) is 10.2 Å². The van der Waals surface area contributed by atoms with E-state index in [-0.39, 0.29) is 11.8 Å². The van der Waals surface area contributed by atoms with Crippen LogP contribution >= 0.6 is 0 Å². The molecule has 1 atom stereocenters. The molecule has 3 aromatic carbocycles. The molecule has 0 aromatic heterocycles. The summed E-state index contributed by atoms with van der Waals surface area (Å²) in [5.41, 5.74) is 2.35. The smallest absolute Gasteiger partial charge is 0.255 e. The lowest BCUT2D eigenvalue weighted by Gasteiger charge is -2.44. The number of benzene rings is 3. The molecule has 6 heteroatoms. The minimum atomic E-state index is -1.04. The highest BCUT2D eigenvalue weighted by Crippen LogP contribution is 2.33. The number of fused-ring (bicyclic) bond motifs is 1. The maximum Gasteiger partial charge on any atom is 0.255 e. The third-order valence-corrected chi connectivity index (χ3v) is 6.27. The zero-order valence-corrected chi connectivity index (χ0v) is 19.8. The molecule has 1 aliphatic heterocycles. The average Bonchev–Trinajstić information content (AvgIpc) is 2.86. The first-order valence-corrected chi connectivity index (χ1v) is 11.5. The summed E-state index contributed by atoms with van der Waals surface area (Å²) in [5.74, 6) is 1.18. The van der Waals surface area contributed by atoms with Crippen molar-refractivity contribution in [1.29, 1.82) is 0 Å². The van der Waals surface area contributed by atoms with Crippen LogP contribution in [-0.2, 0) is 24.3 Å². The Kier molecular flexibility index (Phi) is 6.87. The van der Waals surface area contributed by atoms with Gasteiger partial charge in [-0.2, -0.15) is 0 Å². The fraction of sp³-hybridized carbons (Fsp3) is 0.286. The lowest BCUT2D eigenvalue weighted by Crippen LogP contribution is -2.62. The van der Waals surface area contributed by atoms with Crippen LogP contribution in [0.1, 0.15) is 40.9 Å². The van der Waals surface area contributed by atoms with Gasteiger partial charge in [0.05, 0.1) is 13.7 Å². The van der Waals surface area contributed by atoms with Gasteiger partial charge in [-0.05, 0) is 60.9 Å². The summed E-state index contributed by atoms with van der Waals surface area (Å²) in [7, 11) is 1.61. The molecule has 0 fully saturated rings. The quantitative estimate of drug-likeness (QED) is 0.544. The van der Waals surface area contributed by atoms with Gasteiger partial charge in [0.1, 0.15) is 17.0 Å². The normalized spacial score (nSPS) is 17.1. The molecule has 6 nitrogen and oxygen atoms in total. The van der Waals surface area contributed by atoms with Crippen molar-refractivity contribution in [3.05, 3.63) is 95.1 Å². The monoisotopic (exact) mass is 458 g/mol. The van der Waals surface area contributed by atoms with Crippen LogP contribution in [0.5, 0.6) is 11.5 Å². The fourth-order valence-corrected chi connectivity index (χ4v) is 4.36. The van der Waals surface area contributed by atoms with Gasteiger partial charge >= 0.3 is 0 Å². The first-order valence-electron chi connectivity index (χ1n) is 11.5. The van der Waals surface area contributed by atoms with E-state index in [4.69, 9.17) is 9.47 Å². The van der Waals surface area contributed by atoms with Gasteiger partial charge in [-0.25, -0.2) is 0 Å². The van der Waals surface area contributed by atoms with Gasteiger partial charge in [0, 0.05) is 25.1 Å². The highest BCUT2D eigenvalue weighted by Gasteiger charge is 2.46. The van der Waals surface area contributed by atoms with Crippen molar-refractivity contribution in [2.45, 2.75) is 38.9 Å². The van der Waals surface area contributed by atoms with Gasteiger partial charge in [0.15, 0.2) is 0 Å². The summed E-state index contributed by atoms with van der Waals surface area (Å²) in [6.45, 7) is 5.04. The molecule has 1 N–H and O–H groups in total. The molecule has 1 heterocycles. The minimum absolute atomic E-state index is 0.144. The number of carbonyl (C=O) groups excluding carboxylic acids is 2. The molecule has 0 spiro atoms. The molecular weight excluding hydrogens is 428 g/mol. The lowest BCUT2D eigenvalue weighted by molar-refractivity contribution is -0.132. The fourth-order valence-electron chi connectivity index (χ4n) is 4.36. The summed E-state index contributed by atoms with van der Waals surface area (Å²) in [4.78, 5) is 28.8. The molecule has 4 rings (SSSR count). The summed E-state index contributed by atoms with van der Waals surface area (Å²) in [5, 5.41) is 3.05. The molecule has 0 saturated carbocycles. The average molecular weight is 459 g/mol. The molecule has 34 heavy (non-hydrogen) atoms. The van der Waals surface area contributed by atoms with Gasteiger partial charge in [-0.15, -0.1) is 0 Å². The summed E-state index contributed by atoms with van der Waals surface area (Å²) in [6, 6.07) is 22.8. The van der Waals surface area contributed by atoms with Crippen molar-refractivity contribution >= 4 is 11.8 Å². The van der Waals surface area contributed by atoms with Crippen molar-refractivity contribution < 1.29 is 19.1 Å². The maximum absolute atomic E-state index is 13.6. The van der Waals surface area contributed by atoms with Crippen molar-refractivity contribution in [2.24, 2.45) is 0 Å². The lowest BCUT2D eigenvalue weighted by atomic mass is 9.82. The predicted molar refractivity (Wildman–Crippen MR) is 131 cm³/mol. The van der Waals surface area contributed by atoms with E-state index in [0.29, 0.717) is 31.7 Å². The Morgan fingerprint density at radius 3 is 2.50 bits per heavy atom. The van der Waals surface area contributed by atoms with Crippen LogP contribution in [0, 0.1) is 0 Å². The van der Waals surface area contributed by atoms with Crippen molar-refractivity contribution in [3.8, 4) is 11.5 Å². The van der Waals surface area contributed by atoms with E-state index in [0.717, 1.165) is 28.2 Å². The second kappa shape index (κ2) is 10.00. The number of nitrogens with one attached hydrogen (secondary N) is 1. The number of carbonyl (C=O) groups is 2. The molecule has 0 unspecified atom stereocenters. The predicted octanol–water partition coefficient (Wildman–Crippen LogP) is 4.37. The van der Waals surface area contributed by atoms with Gasteiger partial charge in [-0.1, -0.05) is 42.5 Å². The molecule has 0 bridgehead atoms. The molecule has 176 valence electrons. The summed E-state index contributed by atoms with van der Waals surface area (Å²) < 4.78 is 10.8. The number of rotatable bonds is 8. The Bertz CT molecular complexity index is 1180. The first kappa shape index (κ1) is 23.4. The van der Waals surface area contributed by atoms with E-state index < -0.39 is 5.54 Å². The third kappa shape index (κ3) is 4.76. The number of ether oxygens (including phenoxy) is 2. The number of hydrogen-bond donors (Lipinski definition) is 1. The Hall–Kier alpha value is -3.80. The number of methoxy groups -OCH3 is 1. The third-order valence-electron chi connectivity index (χ3n) is 6.27. The Morgan fingerprint density at radius 2 is 1.76 bits per heavy atom. The summed E-state index contributed by atoms with van der Waals surface area (Å²) in [6.07, 6.45) is 0.440. The Labute approximate surface area is 200 Å². The van der Waals surface area contributed by atoms with E-state index in [1.165, 1.54) is 0 Å². The molecular formula is C28H30N2O4. The molecule has 0 aliphatic carbocycles. The zero-order valence-electron chi connectivity index (χ0n) is 19.8. The van der Waals surface area contributed by atoms with Crippen LogP contribution in [0.3, 0.4) is 0 Å². The van der Waals surface area contributed by atoms with Crippen LogP contribution < -0.4 is 14.8 Å². The maximum atomic E-state index is 13.6. The molecule has 3 aromatic rings. The van der Waals surface area contributed by atoms with Crippen LogP contribution in [-0.4, -0.2) is 36.0 Å². The second-order valence-corrected chi connectivity index (χ2v) is 8.61. The molecule has 1 aliphatic rings. The van der Waals surface area contributed by atoms with Gasteiger partial charge in [0.25, 0.3) is 5.91 Å². The number of nitrogens with zero attached hydrogens (tertiary/aromatic N) is 1. The number of amides is 2. The SMILES string of the molecule is CCOc1ccc(CN2C(=O)c3ccccc3C[C@@]2(C)C(=O)NCc2cccc(OC)c2)cc1. The van der Waals surface area contributed by atoms with E-state index >= 15 is 0 Å². The van der Waals surface area contributed by atoms with E-state index in [1.54, 1.807) is 12.0 Å². The summed E-state index contributed by atoms with van der Waals surface area (Å²) >= 11 is 0. The van der Waals surface area contributed by atoms with Gasteiger partial charge in [0.2, 0.25) is 5.91 Å². The van der Waals surface area contributed by atoms with Crippen LogP contribution in [0.25, 0.3) is 0 Å². The van der Waals surface area contributed by atoms with Crippen LogP contribution in [0.4, 0.5) is 0 Å². The van der Waals surface area contributed by atoms with Crippen molar-refractivity contribution in [2.75, 3.05) is 13.7 Å². The highest BCUT2D eigenvalue weighted by molar-refractivity contribution is 6.02. The Morgan fingerprint density at radius 1 is 1.00 bits per heavy atom. The van der Waals surface area contributed by atoms with Gasteiger partial charge in [-0.3, -0.25) is 9.59 Å². The topological polar surface area (TPSA) is 67.9 Å². The zero-order chi connectivity index (χ0) is 24.1. The highest BCUT2D eigenvalue weighted by atomic mass is 16.5. The largest absolute Gasteiger partial charge is 0.497 e. The standard InChI is InChI=1S/C28H30N2O4/c1-4-34-23-14-12-20(13-15-23)19-30-26(31)25-11-6-5-9-22(25)17-28(30,2)27(32)29-18-21-8-7-10-24(16-21)33-3/h5-16H,4,17-19H2,1-3H3,(H,29,32)/t28-/m0/s1. The van der Waals surface area contributed by atoms with E-state index in [1.807, 2.05) is 86.6 Å². The van der Waals surface area contributed by atoms with Crippen LogP contribution in [0.2, 0.25) is 0 Å². The molecule has 0 radical (unpaired) electrons. The molecule has 0 saturated heterocycles. The van der Waals surface area contributed by atoms with E-state index in [9.17, 15) is 9.59 Å². The first-order chi connectivity index (χ1) is 16.4. The van der Waals surface area contributed by atoms with Gasteiger partial charge < -0.3 is 19.7 Å². The minimum Gasteiger partial charge on any atom is -0.497 e. The van der Waals surface area contributed by atoms with Crippen LogP contribution in [0.15, 0.2) is 72.8 Å². The van der Waals surface area contributed by atoms with Crippen molar-refractivity contribution in [3.63, 3.8) is 0 Å². The van der Waals surface area contributed by atoms with E-state index in [2.05, 4.69) is 5.32 Å².